The number of hydrogen-bond acceptors (Lipinski definition) is 22. The molecular formula is C99H171N11O18. The summed E-state index contributed by atoms with van der Waals surface area (Å²) in [5.74, 6) is -9.09. The van der Waals surface area contributed by atoms with Gasteiger partial charge in [-0.2, -0.15) is 0 Å². The number of benzene rings is 2. The third kappa shape index (κ3) is 49.6. The van der Waals surface area contributed by atoms with E-state index in [1.165, 1.54) is 14.2 Å². The molecule has 2 aromatic carbocycles. The molecule has 29 nitrogen and oxygen atoms in total. The van der Waals surface area contributed by atoms with Crippen LogP contribution >= 0.6 is 0 Å². The smallest absolute Gasteiger partial charge is 0.223 e. The van der Waals surface area contributed by atoms with E-state index < -0.39 is 110 Å². The monoisotopic (exact) mass is 1800 g/mol. The van der Waals surface area contributed by atoms with Crippen LogP contribution in [0.3, 0.4) is 0 Å². The Morgan fingerprint density at radius 1 is 0.352 bits per heavy atom. The quantitative estimate of drug-likeness (QED) is 0.0278. The van der Waals surface area contributed by atoms with Crippen LogP contribution in [-0.2, 0) is 67.0 Å². The second-order valence-electron chi connectivity index (χ2n) is 39.2. The standard InChI is InChI=1S/C99H171N11O18/c1-21-25-28-36-43-100-87(117)60-74(64-96(7,8)86(116)59-77(93(123)104-44-37-29-26-22-2)67-99(13,14)90(120)75(61-88(118)102-47-55-125-19)65-97(9,10)84(114)57-73(24-4)91(121)106-48-56-126-20)83(113)68-95(5,6)63-76(92(122)105-46-50-108(16)52-54-110(18)70-80(112)72-128-82-40-34-31-35-41-82)58-85(115)98(11,12)66-78(94(124)103-42-27-23-3)62-89(119)101-45-49-107(15)51-53-109(17)69-79(111)71-127-81-38-32-30-33-39-81/h30-35,38-41,73-80,111-112H,21-29,36-37,42-72H2,1-20H3,(H,100,117)(H,101,119)(H,102,118)(H,103,124)(H,104,123)(H,105,122)(H,106,121). The van der Waals surface area contributed by atoms with Crippen molar-refractivity contribution in [1.82, 2.24) is 56.8 Å². The van der Waals surface area contributed by atoms with Crippen LogP contribution in [0.2, 0.25) is 0 Å². The molecule has 2 aromatic rings. The number of carbonyl (C=O) groups excluding carboxylic acids is 12. The summed E-state index contributed by atoms with van der Waals surface area (Å²) in [5.41, 5.74) is -6.29. The van der Waals surface area contributed by atoms with Crippen molar-refractivity contribution in [1.29, 1.82) is 0 Å². The van der Waals surface area contributed by atoms with Crippen LogP contribution in [0, 0.1) is 62.6 Å². The maximum Gasteiger partial charge on any atom is 0.223 e. The Morgan fingerprint density at radius 3 is 1.12 bits per heavy atom. The molecule has 8 unspecified atom stereocenters. The summed E-state index contributed by atoms with van der Waals surface area (Å²) >= 11 is 0. The van der Waals surface area contributed by atoms with Gasteiger partial charge < -0.3 is 86.0 Å². The molecule has 0 fully saturated rings. The second-order valence-corrected chi connectivity index (χ2v) is 39.2. The van der Waals surface area contributed by atoms with E-state index in [9.17, 15) is 43.8 Å². The summed E-state index contributed by atoms with van der Waals surface area (Å²) in [7, 11) is 10.7. The van der Waals surface area contributed by atoms with E-state index in [-0.39, 0.29) is 165 Å². The summed E-state index contributed by atoms with van der Waals surface area (Å²) in [6.45, 7) is 31.9. The fourth-order valence-electron chi connectivity index (χ4n) is 16.1. The Kier molecular flexibility index (Phi) is 57.0. The number of methoxy groups -OCH3 is 2. The van der Waals surface area contributed by atoms with Gasteiger partial charge in [0.2, 0.25) is 41.4 Å². The molecule has 0 spiro atoms. The van der Waals surface area contributed by atoms with Crippen LogP contribution in [0.25, 0.3) is 0 Å². The molecule has 9 N–H and O–H groups in total. The number of rotatable bonds is 76. The lowest BCUT2D eigenvalue weighted by molar-refractivity contribution is -0.141. The van der Waals surface area contributed by atoms with E-state index in [2.05, 4.69) is 56.0 Å². The molecule has 29 heteroatoms. The van der Waals surface area contributed by atoms with Gasteiger partial charge in [0.1, 0.15) is 65.8 Å². The molecule has 0 heterocycles. The maximum absolute atomic E-state index is 15.6. The van der Waals surface area contributed by atoms with Crippen molar-refractivity contribution in [2.45, 2.75) is 257 Å². The first-order valence-corrected chi connectivity index (χ1v) is 47.4. The summed E-state index contributed by atoms with van der Waals surface area (Å²) in [5, 5.41) is 42.3. The fourth-order valence-corrected chi connectivity index (χ4v) is 16.1. The van der Waals surface area contributed by atoms with Gasteiger partial charge in [-0.25, -0.2) is 0 Å². The number of likely N-dealkylation sites (N-methyl/N-ethyl adjacent to an activating group) is 4. The number of carbonyl (C=O) groups is 12. The lowest BCUT2D eigenvalue weighted by atomic mass is 9.67. The number of unbranched alkanes of at least 4 members (excludes halogenated alkanes) is 7. The van der Waals surface area contributed by atoms with Gasteiger partial charge in [0.15, 0.2) is 0 Å². The SMILES string of the molecule is CCCCCCNC(=O)CC(CC(C)(C)C(=O)CC(CC(C)(C)C(=O)C(CC(=O)NCCOC)CC(C)(C)C(=O)CC(CC)C(=O)NCCOC)C(=O)NCCCCCC)C(=O)CC(C)(C)CC(CC(=O)C(C)(C)CC(CC(=O)NCCN(C)CCN(C)CC(O)COc1ccccc1)C(=O)NCCCC)C(=O)NCCN(C)CCN(C)CC(O)COc1ccccc1. The highest BCUT2D eigenvalue weighted by molar-refractivity contribution is 5.96. The van der Waals surface area contributed by atoms with Gasteiger partial charge in [-0.3, -0.25) is 57.5 Å². The predicted molar refractivity (Wildman–Crippen MR) is 504 cm³/mol. The molecule has 0 saturated carbocycles. The number of para-hydroxylation sites is 2. The van der Waals surface area contributed by atoms with Crippen molar-refractivity contribution in [2.24, 2.45) is 62.6 Å². The maximum atomic E-state index is 15.6. The van der Waals surface area contributed by atoms with Crippen LogP contribution in [0.5, 0.6) is 11.5 Å². The Morgan fingerprint density at radius 2 is 0.680 bits per heavy atom. The summed E-state index contributed by atoms with van der Waals surface area (Å²) < 4.78 is 21.8. The summed E-state index contributed by atoms with van der Waals surface area (Å²) in [4.78, 5) is 184. The number of amides is 7. The molecule has 2 rings (SSSR count). The summed E-state index contributed by atoms with van der Waals surface area (Å²) in [6.07, 6.45) is 5.17. The van der Waals surface area contributed by atoms with Crippen LogP contribution < -0.4 is 46.7 Å². The minimum atomic E-state index is -1.39. The van der Waals surface area contributed by atoms with Crippen molar-refractivity contribution in [3.63, 3.8) is 0 Å². The lowest BCUT2D eigenvalue weighted by Gasteiger charge is -2.36. The van der Waals surface area contributed by atoms with E-state index >= 15 is 24.0 Å². The average Bonchev–Trinajstić information content (AvgIpc) is 0.803. The molecule has 0 saturated heterocycles. The molecule has 0 radical (unpaired) electrons. The zero-order valence-corrected chi connectivity index (χ0v) is 82.3. The molecule has 0 aromatic heterocycles. The third-order valence-corrected chi connectivity index (χ3v) is 24.3. The molecule has 0 aliphatic carbocycles. The average molecular weight is 1800 g/mol. The van der Waals surface area contributed by atoms with E-state index in [1.54, 1.807) is 55.4 Å². The Balaban J connectivity index is 2.68. The predicted octanol–water partition coefficient (Wildman–Crippen LogP) is 10.4. The highest BCUT2D eigenvalue weighted by Crippen LogP contribution is 2.42. The normalized spacial score (nSPS) is 14.1. The van der Waals surface area contributed by atoms with E-state index in [0.717, 1.165) is 44.9 Å². The first kappa shape index (κ1) is 116. The largest absolute Gasteiger partial charge is 0.491 e. The zero-order chi connectivity index (χ0) is 96.1. The molecular weight excluding hydrogens is 1630 g/mol. The minimum Gasteiger partial charge on any atom is -0.491 e. The Hall–Kier alpha value is -7.64. The number of aliphatic hydroxyl groups is 2. The topological polar surface area (TPSA) is 379 Å². The highest BCUT2D eigenvalue weighted by Gasteiger charge is 2.46. The van der Waals surface area contributed by atoms with Gasteiger partial charge in [-0.1, -0.05) is 178 Å². The fraction of sp³-hybridized carbons (Fsp3) is 0.758. The molecule has 7 amide bonds. The first-order valence-electron chi connectivity index (χ1n) is 47.4. The molecule has 128 heavy (non-hydrogen) atoms. The Labute approximate surface area is 768 Å². The van der Waals surface area contributed by atoms with Crippen molar-refractivity contribution in [3.05, 3.63) is 60.7 Å². The number of ketones is 5. The van der Waals surface area contributed by atoms with Crippen molar-refractivity contribution in [2.75, 3.05) is 167 Å². The Bertz CT molecular complexity index is 3580. The van der Waals surface area contributed by atoms with E-state index in [1.807, 2.05) is 131 Å². The van der Waals surface area contributed by atoms with Crippen LogP contribution in [-0.4, -0.2) is 279 Å². The molecule has 0 aliphatic rings. The van der Waals surface area contributed by atoms with Gasteiger partial charge in [0.05, 0.1) is 13.2 Å². The van der Waals surface area contributed by atoms with Crippen LogP contribution in [0.4, 0.5) is 0 Å². The van der Waals surface area contributed by atoms with E-state index in [4.69, 9.17) is 18.9 Å². The first-order chi connectivity index (χ1) is 60.4. The van der Waals surface area contributed by atoms with Gasteiger partial charge >= 0.3 is 0 Å². The molecule has 8 atom stereocenters. The zero-order valence-electron chi connectivity index (χ0n) is 82.3. The van der Waals surface area contributed by atoms with Gasteiger partial charge in [-0.05, 0) is 116 Å². The molecule has 730 valence electrons. The minimum absolute atomic E-state index is 0.00633. The van der Waals surface area contributed by atoms with Gasteiger partial charge in [0.25, 0.3) is 0 Å². The number of nitrogens with one attached hydrogen (secondary N) is 7. The number of ether oxygens (including phenoxy) is 4. The molecule has 0 aliphatic heterocycles. The van der Waals surface area contributed by atoms with Gasteiger partial charge in [0, 0.05) is 215 Å². The molecule has 0 bridgehead atoms. The van der Waals surface area contributed by atoms with E-state index in [0.29, 0.717) is 109 Å². The lowest BCUT2D eigenvalue weighted by Crippen LogP contribution is -2.43. The van der Waals surface area contributed by atoms with Crippen molar-refractivity contribution >= 4 is 70.3 Å². The van der Waals surface area contributed by atoms with Gasteiger partial charge in [-0.15, -0.1) is 0 Å². The van der Waals surface area contributed by atoms with Crippen molar-refractivity contribution < 1.29 is 86.7 Å². The number of hydrogen-bond donors (Lipinski definition) is 9. The third-order valence-electron chi connectivity index (χ3n) is 24.3. The highest BCUT2D eigenvalue weighted by atomic mass is 16.5. The second kappa shape index (κ2) is 62.7. The van der Waals surface area contributed by atoms with Crippen molar-refractivity contribution in [3.8, 4) is 11.5 Å². The summed E-state index contributed by atoms with van der Waals surface area (Å²) in [6, 6.07) is 18.6. The number of nitrogens with zero attached hydrogens (tertiary/aromatic N) is 4. The number of Topliss-reactive ketones (excluding diaryl/α,β-unsaturated/α-hetero) is 5. The number of aliphatic hydroxyl groups excluding tert-OH is 2. The van der Waals surface area contributed by atoms with Crippen LogP contribution in [0.1, 0.15) is 245 Å². The van der Waals surface area contributed by atoms with Crippen LogP contribution in [0.15, 0.2) is 60.7 Å².